The first-order valence-electron chi connectivity index (χ1n) is 5.79. The fraction of sp³-hybridized carbons (Fsp3) is 0.818. The highest BCUT2D eigenvalue weighted by Crippen LogP contribution is 2.03. The zero-order valence-corrected chi connectivity index (χ0v) is 10.5. The molecule has 0 rings (SSSR count). The third kappa shape index (κ3) is 5.70. The number of carbonyl (C=O) groups excluding carboxylic acids is 2. The molecule has 0 aromatic carbocycles. The van der Waals surface area contributed by atoms with Gasteiger partial charge in [0, 0.05) is 13.1 Å². The first-order valence-corrected chi connectivity index (χ1v) is 5.79. The molecule has 94 valence electrons. The van der Waals surface area contributed by atoms with Crippen LogP contribution in [0.25, 0.3) is 0 Å². The van der Waals surface area contributed by atoms with Crippen molar-refractivity contribution in [2.24, 2.45) is 11.7 Å². The summed E-state index contributed by atoms with van der Waals surface area (Å²) < 4.78 is 0. The standard InChI is InChI=1S/C11H23N3O2/c1-4-9(3)8-14(5-2)11(16)7-13-10(15)6-12/h9H,4-8,12H2,1-3H3,(H,13,15). The summed E-state index contributed by atoms with van der Waals surface area (Å²) >= 11 is 0. The number of nitrogens with one attached hydrogen (secondary N) is 1. The first kappa shape index (κ1) is 14.9. The number of hydrogen-bond donors (Lipinski definition) is 2. The Kier molecular flexibility index (Phi) is 7.54. The van der Waals surface area contributed by atoms with Gasteiger partial charge in [-0.1, -0.05) is 20.3 Å². The van der Waals surface area contributed by atoms with Crippen molar-refractivity contribution < 1.29 is 9.59 Å². The Morgan fingerprint density at radius 1 is 1.38 bits per heavy atom. The van der Waals surface area contributed by atoms with Crippen molar-refractivity contribution in [3.8, 4) is 0 Å². The van der Waals surface area contributed by atoms with Crippen molar-refractivity contribution in [2.45, 2.75) is 27.2 Å². The molecular weight excluding hydrogens is 206 g/mol. The molecule has 0 aromatic rings. The molecule has 0 saturated carbocycles. The van der Waals surface area contributed by atoms with E-state index in [1.54, 1.807) is 4.90 Å². The van der Waals surface area contributed by atoms with Crippen LogP contribution in [-0.2, 0) is 9.59 Å². The van der Waals surface area contributed by atoms with Gasteiger partial charge in [0.2, 0.25) is 11.8 Å². The molecule has 3 N–H and O–H groups in total. The molecule has 0 bridgehead atoms. The Morgan fingerprint density at radius 3 is 2.44 bits per heavy atom. The highest BCUT2D eigenvalue weighted by Gasteiger charge is 2.14. The molecule has 0 aromatic heterocycles. The van der Waals surface area contributed by atoms with Gasteiger partial charge in [-0.05, 0) is 12.8 Å². The van der Waals surface area contributed by atoms with E-state index in [0.717, 1.165) is 13.0 Å². The molecule has 0 saturated heterocycles. The number of carbonyl (C=O) groups is 2. The van der Waals surface area contributed by atoms with E-state index in [-0.39, 0.29) is 24.9 Å². The van der Waals surface area contributed by atoms with Crippen molar-refractivity contribution in [3.63, 3.8) is 0 Å². The van der Waals surface area contributed by atoms with Gasteiger partial charge >= 0.3 is 0 Å². The lowest BCUT2D eigenvalue weighted by Gasteiger charge is -2.24. The molecule has 2 amide bonds. The summed E-state index contributed by atoms with van der Waals surface area (Å²) in [6.07, 6.45) is 1.04. The fourth-order valence-electron chi connectivity index (χ4n) is 1.27. The summed E-state index contributed by atoms with van der Waals surface area (Å²) in [6, 6.07) is 0. The summed E-state index contributed by atoms with van der Waals surface area (Å²) in [5.74, 6) is 0.131. The van der Waals surface area contributed by atoms with Crippen LogP contribution in [0.3, 0.4) is 0 Å². The number of nitrogens with two attached hydrogens (primary N) is 1. The first-order chi connectivity index (χ1) is 7.54. The summed E-state index contributed by atoms with van der Waals surface area (Å²) in [7, 11) is 0. The Hall–Kier alpha value is -1.10. The molecule has 0 aliphatic carbocycles. The van der Waals surface area contributed by atoms with E-state index < -0.39 is 0 Å². The summed E-state index contributed by atoms with van der Waals surface area (Å²) in [5, 5.41) is 2.48. The molecule has 0 radical (unpaired) electrons. The molecule has 0 aliphatic rings. The van der Waals surface area contributed by atoms with Crippen molar-refractivity contribution in [2.75, 3.05) is 26.2 Å². The second-order valence-electron chi connectivity index (χ2n) is 3.93. The topological polar surface area (TPSA) is 75.4 Å². The molecular formula is C11H23N3O2. The largest absolute Gasteiger partial charge is 0.346 e. The Morgan fingerprint density at radius 2 is 2.00 bits per heavy atom. The van der Waals surface area contributed by atoms with E-state index in [2.05, 4.69) is 19.2 Å². The van der Waals surface area contributed by atoms with Crippen molar-refractivity contribution >= 4 is 11.8 Å². The lowest BCUT2D eigenvalue weighted by atomic mass is 10.1. The normalized spacial score (nSPS) is 12.0. The van der Waals surface area contributed by atoms with Gasteiger partial charge in [-0.2, -0.15) is 0 Å². The van der Waals surface area contributed by atoms with Crippen LogP contribution in [0, 0.1) is 5.92 Å². The molecule has 0 aliphatic heterocycles. The van der Waals surface area contributed by atoms with Gasteiger partial charge in [0.15, 0.2) is 0 Å². The Balaban J connectivity index is 4.05. The van der Waals surface area contributed by atoms with Gasteiger partial charge in [-0.3, -0.25) is 9.59 Å². The maximum absolute atomic E-state index is 11.7. The molecule has 16 heavy (non-hydrogen) atoms. The minimum atomic E-state index is -0.298. The molecule has 5 heteroatoms. The highest BCUT2D eigenvalue weighted by atomic mass is 16.2. The number of rotatable bonds is 7. The smallest absolute Gasteiger partial charge is 0.241 e. The minimum Gasteiger partial charge on any atom is -0.346 e. The van der Waals surface area contributed by atoms with E-state index in [1.165, 1.54) is 0 Å². The molecule has 0 spiro atoms. The number of nitrogens with zero attached hydrogens (tertiary/aromatic N) is 1. The van der Waals surface area contributed by atoms with E-state index in [9.17, 15) is 9.59 Å². The predicted octanol–water partition coefficient (Wildman–Crippen LogP) is -0.0441. The van der Waals surface area contributed by atoms with Crippen molar-refractivity contribution in [1.29, 1.82) is 0 Å². The maximum Gasteiger partial charge on any atom is 0.241 e. The molecule has 0 heterocycles. The van der Waals surface area contributed by atoms with E-state index in [4.69, 9.17) is 5.73 Å². The lowest BCUT2D eigenvalue weighted by Crippen LogP contribution is -2.43. The van der Waals surface area contributed by atoms with Crippen LogP contribution in [0.4, 0.5) is 0 Å². The summed E-state index contributed by atoms with van der Waals surface area (Å²) in [4.78, 5) is 24.4. The van der Waals surface area contributed by atoms with Gasteiger partial charge in [-0.15, -0.1) is 0 Å². The average molecular weight is 229 g/mol. The SMILES string of the molecule is CCC(C)CN(CC)C(=O)CNC(=O)CN. The maximum atomic E-state index is 11.7. The number of hydrogen-bond acceptors (Lipinski definition) is 3. The number of likely N-dealkylation sites (N-methyl/N-ethyl adjacent to an activating group) is 1. The van der Waals surface area contributed by atoms with Crippen LogP contribution in [0.1, 0.15) is 27.2 Å². The van der Waals surface area contributed by atoms with Crippen LogP contribution in [-0.4, -0.2) is 42.9 Å². The van der Waals surface area contributed by atoms with E-state index in [0.29, 0.717) is 12.5 Å². The molecule has 0 fully saturated rings. The number of amides is 2. The van der Waals surface area contributed by atoms with Crippen LogP contribution in [0.15, 0.2) is 0 Å². The highest BCUT2D eigenvalue weighted by molar-refractivity contribution is 5.85. The van der Waals surface area contributed by atoms with E-state index >= 15 is 0 Å². The Labute approximate surface area is 97.4 Å². The molecule has 1 atom stereocenters. The molecule has 1 unspecified atom stereocenters. The minimum absolute atomic E-state index is 0.0420. The van der Waals surface area contributed by atoms with Crippen LogP contribution in [0.5, 0.6) is 0 Å². The van der Waals surface area contributed by atoms with Gasteiger partial charge in [0.25, 0.3) is 0 Å². The monoisotopic (exact) mass is 229 g/mol. The van der Waals surface area contributed by atoms with Crippen molar-refractivity contribution in [1.82, 2.24) is 10.2 Å². The second-order valence-corrected chi connectivity index (χ2v) is 3.93. The molecule has 5 nitrogen and oxygen atoms in total. The quantitative estimate of drug-likeness (QED) is 0.643. The third-order valence-corrected chi connectivity index (χ3v) is 2.59. The van der Waals surface area contributed by atoms with Crippen LogP contribution >= 0.6 is 0 Å². The summed E-state index contributed by atoms with van der Waals surface area (Å²) in [6.45, 7) is 7.51. The van der Waals surface area contributed by atoms with Gasteiger partial charge in [0.05, 0.1) is 13.1 Å². The summed E-state index contributed by atoms with van der Waals surface area (Å²) in [5.41, 5.74) is 5.13. The van der Waals surface area contributed by atoms with Crippen molar-refractivity contribution in [3.05, 3.63) is 0 Å². The zero-order valence-electron chi connectivity index (χ0n) is 10.5. The average Bonchev–Trinajstić information content (AvgIpc) is 2.31. The Bertz CT molecular complexity index is 231. The van der Waals surface area contributed by atoms with Gasteiger partial charge in [-0.25, -0.2) is 0 Å². The van der Waals surface area contributed by atoms with E-state index in [1.807, 2.05) is 6.92 Å². The predicted molar refractivity (Wildman–Crippen MR) is 63.8 cm³/mol. The lowest BCUT2D eigenvalue weighted by molar-refractivity contribution is -0.132. The second kappa shape index (κ2) is 8.10. The van der Waals surface area contributed by atoms with Crippen LogP contribution < -0.4 is 11.1 Å². The van der Waals surface area contributed by atoms with Crippen LogP contribution in [0.2, 0.25) is 0 Å². The third-order valence-electron chi connectivity index (χ3n) is 2.59. The fourth-order valence-corrected chi connectivity index (χ4v) is 1.27. The van der Waals surface area contributed by atoms with Gasteiger partial charge < -0.3 is 16.0 Å². The zero-order chi connectivity index (χ0) is 12.6. The van der Waals surface area contributed by atoms with Gasteiger partial charge in [0.1, 0.15) is 0 Å².